The molecule has 5 nitrogen and oxygen atoms in total. The van der Waals surface area contributed by atoms with Gasteiger partial charge in [-0.25, -0.2) is 0 Å². The average molecular weight is 285 g/mol. The second-order valence-corrected chi connectivity index (χ2v) is 4.61. The smallest absolute Gasteiger partial charge is 0.257 e. The van der Waals surface area contributed by atoms with Gasteiger partial charge >= 0.3 is 0 Å². The van der Waals surface area contributed by atoms with Crippen LogP contribution in [0.15, 0.2) is 42.5 Å². The van der Waals surface area contributed by atoms with E-state index >= 15 is 0 Å². The summed E-state index contributed by atoms with van der Waals surface area (Å²) in [4.78, 5) is 12.4. The van der Waals surface area contributed by atoms with Crippen molar-refractivity contribution >= 4 is 17.3 Å². The van der Waals surface area contributed by atoms with Gasteiger partial charge in [-0.3, -0.25) is 10.6 Å². The van der Waals surface area contributed by atoms with Crippen molar-refractivity contribution in [2.45, 2.75) is 13.8 Å². The Labute approximate surface area is 124 Å². The Hall–Kier alpha value is -2.53. The molecule has 110 valence electrons. The van der Waals surface area contributed by atoms with Gasteiger partial charge in [-0.15, -0.1) is 0 Å². The Morgan fingerprint density at radius 3 is 2.76 bits per heavy atom. The molecule has 0 saturated carbocycles. The van der Waals surface area contributed by atoms with E-state index < -0.39 is 0 Å². The Balaban J connectivity index is 2.21. The number of hydrogen-bond acceptors (Lipinski definition) is 4. The van der Waals surface area contributed by atoms with E-state index in [-0.39, 0.29) is 5.91 Å². The lowest BCUT2D eigenvalue weighted by Crippen LogP contribution is -2.17. The molecule has 0 bridgehead atoms. The van der Waals surface area contributed by atoms with Crippen LogP contribution in [0.4, 0.5) is 11.4 Å². The number of carbonyl (C=O) groups excluding carboxylic acids is 1. The molecule has 0 saturated heterocycles. The second-order valence-electron chi connectivity index (χ2n) is 4.61. The van der Waals surface area contributed by atoms with Gasteiger partial charge < -0.3 is 15.5 Å². The number of rotatable bonds is 5. The lowest BCUT2D eigenvalue weighted by atomic mass is 10.1. The molecule has 1 amide bonds. The monoisotopic (exact) mass is 285 g/mol. The Morgan fingerprint density at radius 2 is 2.05 bits per heavy atom. The van der Waals surface area contributed by atoms with Crippen LogP contribution < -0.4 is 21.3 Å². The van der Waals surface area contributed by atoms with Crippen molar-refractivity contribution in [2.75, 3.05) is 17.3 Å². The highest BCUT2D eigenvalue weighted by Gasteiger charge is 2.11. The molecule has 0 aromatic heterocycles. The lowest BCUT2D eigenvalue weighted by molar-refractivity contribution is 0.102. The SMILES string of the molecule is CCOc1cccc(NC(=O)c2cc(C)ccc2NN)c1. The van der Waals surface area contributed by atoms with Gasteiger partial charge in [0.15, 0.2) is 0 Å². The van der Waals surface area contributed by atoms with Crippen molar-refractivity contribution in [1.29, 1.82) is 0 Å². The molecule has 21 heavy (non-hydrogen) atoms. The molecule has 0 spiro atoms. The summed E-state index contributed by atoms with van der Waals surface area (Å²) < 4.78 is 5.41. The zero-order chi connectivity index (χ0) is 15.2. The first-order valence-electron chi connectivity index (χ1n) is 6.75. The number of nitrogens with two attached hydrogens (primary N) is 1. The summed E-state index contributed by atoms with van der Waals surface area (Å²) in [5.74, 6) is 5.94. The summed E-state index contributed by atoms with van der Waals surface area (Å²) in [7, 11) is 0. The van der Waals surface area contributed by atoms with Crippen LogP contribution in [-0.2, 0) is 0 Å². The van der Waals surface area contributed by atoms with E-state index in [0.29, 0.717) is 23.5 Å². The zero-order valence-corrected chi connectivity index (χ0v) is 12.1. The predicted octanol–water partition coefficient (Wildman–Crippen LogP) is 2.93. The number of hydrazine groups is 1. The maximum absolute atomic E-state index is 12.4. The third kappa shape index (κ3) is 3.73. The van der Waals surface area contributed by atoms with E-state index in [4.69, 9.17) is 10.6 Å². The number of amides is 1. The van der Waals surface area contributed by atoms with Crippen LogP contribution >= 0.6 is 0 Å². The summed E-state index contributed by atoms with van der Waals surface area (Å²) >= 11 is 0. The van der Waals surface area contributed by atoms with Crippen LogP contribution in [0.25, 0.3) is 0 Å². The molecule has 0 aliphatic heterocycles. The molecule has 2 aromatic carbocycles. The standard InChI is InChI=1S/C16H19N3O2/c1-3-21-13-6-4-5-12(10-13)18-16(20)14-9-11(2)7-8-15(14)19-17/h4-10,19H,3,17H2,1-2H3,(H,18,20). The van der Waals surface area contributed by atoms with Crippen molar-refractivity contribution in [3.8, 4) is 5.75 Å². The lowest BCUT2D eigenvalue weighted by Gasteiger charge is -2.11. The van der Waals surface area contributed by atoms with E-state index in [1.54, 1.807) is 18.2 Å². The zero-order valence-electron chi connectivity index (χ0n) is 12.1. The Kier molecular flexibility index (Phi) is 4.79. The van der Waals surface area contributed by atoms with E-state index in [1.165, 1.54) is 0 Å². The van der Waals surface area contributed by atoms with E-state index in [1.807, 2.05) is 38.1 Å². The maximum atomic E-state index is 12.4. The topological polar surface area (TPSA) is 76.4 Å². The highest BCUT2D eigenvalue weighted by molar-refractivity contribution is 6.08. The van der Waals surface area contributed by atoms with Gasteiger partial charge in [-0.2, -0.15) is 0 Å². The van der Waals surface area contributed by atoms with Gasteiger partial charge in [0.1, 0.15) is 5.75 Å². The number of benzene rings is 2. The quantitative estimate of drug-likeness (QED) is 0.583. The fourth-order valence-electron chi connectivity index (χ4n) is 2.00. The van der Waals surface area contributed by atoms with E-state index in [9.17, 15) is 4.79 Å². The van der Waals surface area contributed by atoms with Crippen LogP contribution in [0.2, 0.25) is 0 Å². The predicted molar refractivity (Wildman–Crippen MR) is 84.6 cm³/mol. The number of carbonyl (C=O) groups is 1. The van der Waals surface area contributed by atoms with Crippen molar-refractivity contribution < 1.29 is 9.53 Å². The fourth-order valence-corrected chi connectivity index (χ4v) is 2.00. The number of ether oxygens (including phenoxy) is 1. The minimum atomic E-state index is -0.222. The number of aryl methyl sites for hydroxylation is 1. The third-order valence-electron chi connectivity index (χ3n) is 2.98. The van der Waals surface area contributed by atoms with Crippen molar-refractivity contribution in [3.05, 3.63) is 53.6 Å². The molecule has 0 fully saturated rings. The Morgan fingerprint density at radius 1 is 1.24 bits per heavy atom. The first-order valence-corrected chi connectivity index (χ1v) is 6.75. The van der Waals surface area contributed by atoms with Crippen molar-refractivity contribution in [1.82, 2.24) is 0 Å². The average Bonchev–Trinajstić information content (AvgIpc) is 2.48. The minimum Gasteiger partial charge on any atom is -0.494 e. The molecule has 5 heteroatoms. The first kappa shape index (κ1) is 14.9. The van der Waals surface area contributed by atoms with Crippen LogP contribution in [0.3, 0.4) is 0 Å². The fraction of sp³-hybridized carbons (Fsp3) is 0.188. The van der Waals surface area contributed by atoms with Crippen LogP contribution in [0, 0.1) is 6.92 Å². The third-order valence-corrected chi connectivity index (χ3v) is 2.98. The number of anilines is 2. The summed E-state index contributed by atoms with van der Waals surface area (Å²) in [6, 6.07) is 12.7. The van der Waals surface area contributed by atoms with E-state index in [0.717, 1.165) is 11.3 Å². The van der Waals surface area contributed by atoms with Gasteiger partial charge in [0.05, 0.1) is 17.9 Å². The molecule has 0 atom stereocenters. The number of hydrogen-bond donors (Lipinski definition) is 3. The van der Waals surface area contributed by atoms with Crippen LogP contribution in [0.5, 0.6) is 5.75 Å². The van der Waals surface area contributed by atoms with Gasteiger partial charge in [0, 0.05) is 11.8 Å². The van der Waals surface area contributed by atoms with Gasteiger partial charge in [-0.05, 0) is 38.1 Å². The van der Waals surface area contributed by atoms with Gasteiger partial charge in [-0.1, -0.05) is 17.7 Å². The van der Waals surface area contributed by atoms with E-state index in [2.05, 4.69) is 10.7 Å². The summed E-state index contributed by atoms with van der Waals surface area (Å²) in [6.45, 7) is 4.42. The van der Waals surface area contributed by atoms with Gasteiger partial charge in [0.25, 0.3) is 5.91 Å². The highest BCUT2D eigenvalue weighted by atomic mass is 16.5. The maximum Gasteiger partial charge on any atom is 0.257 e. The van der Waals surface area contributed by atoms with Gasteiger partial charge in [0.2, 0.25) is 0 Å². The molecule has 2 rings (SSSR count). The summed E-state index contributed by atoms with van der Waals surface area (Å²) in [6.07, 6.45) is 0. The van der Waals surface area contributed by atoms with Crippen molar-refractivity contribution in [3.63, 3.8) is 0 Å². The molecule has 0 radical (unpaired) electrons. The normalized spacial score (nSPS) is 10.0. The van der Waals surface area contributed by atoms with Crippen molar-refractivity contribution in [2.24, 2.45) is 5.84 Å². The molecule has 4 N–H and O–H groups in total. The number of nitrogens with one attached hydrogen (secondary N) is 2. The molecule has 0 unspecified atom stereocenters. The minimum absolute atomic E-state index is 0.222. The largest absolute Gasteiger partial charge is 0.494 e. The molecular weight excluding hydrogens is 266 g/mol. The second kappa shape index (κ2) is 6.76. The first-order chi connectivity index (χ1) is 10.1. The summed E-state index contributed by atoms with van der Waals surface area (Å²) in [5, 5.41) is 2.84. The molecule has 0 heterocycles. The number of nitrogen functional groups attached to an aromatic ring is 1. The Bertz CT molecular complexity index is 641. The molecule has 0 aliphatic rings. The summed E-state index contributed by atoms with van der Waals surface area (Å²) in [5.41, 5.74) is 5.28. The van der Waals surface area contributed by atoms with Crippen LogP contribution in [0.1, 0.15) is 22.8 Å². The highest BCUT2D eigenvalue weighted by Crippen LogP contribution is 2.21. The molecular formula is C16H19N3O2. The van der Waals surface area contributed by atoms with Crippen LogP contribution in [-0.4, -0.2) is 12.5 Å². The molecule has 0 aliphatic carbocycles. The molecule has 2 aromatic rings.